The molecule has 0 spiro atoms. The Kier molecular flexibility index (Phi) is 3.23. The Balaban J connectivity index is 1.81. The number of carbonyl (C=O) groups is 2. The molecule has 1 aromatic rings. The van der Waals surface area contributed by atoms with Crippen molar-refractivity contribution in [3.05, 3.63) is 24.3 Å². The van der Waals surface area contributed by atoms with Crippen molar-refractivity contribution in [3.8, 4) is 5.75 Å². The van der Waals surface area contributed by atoms with Crippen molar-refractivity contribution in [2.45, 2.75) is 11.7 Å². The van der Waals surface area contributed by atoms with Gasteiger partial charge in [0.25, 0.3) is 5.91 Å². The number of rotatable bonds is 2. The van der Waals surface area contributed by atoms with Gasteiger partial charge in [-0.15, -0.1) is 24.9 Å². The number of nitrogens with zero attached hydrogens (tertiary/aromatic N) is 2. The van der Waals surface area contributed by atoms with Crippen LogP contribution in [0.15, 0.2) is 24.3 Å². The molecule has 0 saturated carbocycles. The van der Waals surface area contributed by atoms with E-state index in [4.69, 9.17) is 0 Å². The first-order valence-electron chi connectivity index (χ1n) is 5.99. The predicted molar refractivity (Wildman–Crippen MR) is 69.0 cm³/mol. The maximum Gasteiger partial charge on any atom is 0.573 e. The number of halogens is 3. The minimum atomic E-state index is -4.78. The molecule has 5 nitrogen and oxygen atoms in total. The van der Waals surface area contributed by atoms with Crippen LogP contribution in [0.25, 0.3) is 0 Å². The molecule has 21 heavy (non-hydrogen) atoms. The first kappa shape index (κ1) is 14.1. The number of hydrogen-bond donors (Lipinski definition) is 0. The van der Waals surface area contributed by atoms with E-state index in [2.05, 4.69) is 4.74 Å². The Morgan fingerprint density at radius 3 is 2.43 bits per heavy atom. The topological polar surface area (TPSA) is 49.9 Å². The van der Waals surface area contributed by atoms with Crippen LogP contribution in [0.5, 0.6) is 5.75 Å². The number of thioether (sulfide) groups is 1. The van der Waals surface area contributed by atoms with Crippen molar-refractivity contribution in [1.29, 1.82) is 0 Å². The lowest BCUT2D eigenvalue weighted by atomic mass is 10.3. The minimum absolute atomic E-state index is 0.231. The highest BCUT2D eigenvalue weighted by Gasteiger charge is 2.48. The lowest BCUT2D eigenvalue weighted by Crippen LogP contribution is -2.33. The third kappa shape index (κ3) is 2.53. The van der Waals surface area contributed by atoms with E-state index in [9.17, 15) is 22.8 Å². The summed E-state index contributed by atoms with van der Waals surface area (Å²) in [6, 6.07) is 4.20. The molecule has 0 aliphatic carbocycles. The number of fused-ring (bicyclic) bond motifs is 1. The van der Waals surface area contributed by atoms with Crippen LogP contribution < -0.4 is 9.64 Å². The summed E-state index contributed by atoms with van der Waals surface area (Å²) in [4.78, 5) is 26.7. The molecule has 2 aliphatic rings. The number of hydrogen-bond acceptors (Lipinski definition) is 4. The van der Waals surface area contributed by atoms with Crippen LogP contribution in [0.3, 0.4) is 0 Å². The van der Waals surface area contributed by atoms with Gasteiger partial charge < -0.3 is 9.64 Å². The lowest BCUT2D eigenvalue weighted by Gasteiger charge is -2.16. The summed E-state index contributed by atoms with van der Waals surface area (Å²) < 4.78 is 40.0. The molecule has 0 radical (unpaired) electrons. The van der Waals surface area contributed by atoms with Gasteiger partial charge in [-0.1, -0.05) is 0 Å². The van der Waals surface area contributed by atoms with Crippen molar-refractivity contribution in [2.24, 2.45) is 0 Å². The fraction of sp³-hybridized carbons (Fsp3) is 0.333. The van der Waals surface area contributed by atoms with Gasteiger partial charge in [0.15, 0.2) is 5.37 Å². The van der Waals surface area contributed by atoms with Gasteiger partial charge >= 0.3 is 12.4 Å². The molecule has 0 unspecified atom stereocenters. The Morgan fingerprint density at radius 1 is 1.19 bits per heavy atom. The molecule has 1 atom stereocenters. The molecule has 0 aromatic heterocycles. The van der Waals surface area contributed by atoms with Crippen molar-refractivity contribution in [1.82, 2.24) is 4.90 Å². The van der Waals surface area contributed by atoms with Crippen molar-refractivity contribution in [2.75, 3.05) is 17.2 Å². The molecule has 3 rings (SSSR count). The molecule has 3 amide bonds. The second-order valence-electron chi connectivity index (χ2n) is 4.41. The normalized spacial score (nSPS) is 22.0. The summed E-state index contributed by atoms with van der Waals surface area (Å²) in [5.41, 5.74) is 0.231. The fourth-order valence-corrected chi connectivity index (χ4v) is 3.39. The van der Waals surface area contributed by atoms with Crippen LogP contribution in [0.1, 0.15) is 0 Å². The van der Waals surface area contributed by atoms with Crippen molar-refractivity contribution >= 4 is 29.4 Å². The highest BCUT2D eigenvalue weighted by atomic mass is 32.2. The van der Waals surface area contributed by atoms with Gasteiger partial charge in [0.1, 0.15) is 5.75 Å². The third-order valence-corrected chi connectivity index (χ3v) is 4.28. The second kappa shape index (κ2) is 4.83. The first-order valence-corrected chi connectivity index (χ1v) is 7.04. The summed E-state index contributed by atoms with van der Waals surface area (Å²) in [5.74, 6) is -0.0684. The zero-order chi connectivity index (χ0) is 15.2. The number of urea groups is 1. The number of imide groups is 1. The highest BCUT2D eigenvalue weighted by molar-refractivity contribution is 8.00. The van der Waals surface area contributed by atoms with Gasteiger partial charge in [-0.3, -0.25) is 4.79 Å². The third-order valence-electron chi connectivity index (χ3n) is 3.09. The van der Waals surface area contributed by atoms with Gasteiger partial charge in [-0.2, -0.15) is 0 Å². The number of ether oxygens (including phenoxy) is 1. The zero-order valence-electron chi connectivity index (χ0n) is 10.5. The number of benzene rings is 1. The van der Waals surface area contributed by atoms with Crippen molar-refractivity contribution < 1.29 is 27.5 Å². The van der Waals surface area contributed by atoms with Crippen molar-refractivity contribution in [3.63, 3.8) is 0 Å². The zero-order valence-corrected chi connectivity index (χ0v) is 11.3. The van der Waals surface area contributed by atoms with E-state index in [1.54, 1.807) is 0 Å². The average Bonchev–Trinajstić information content (AvgIpc) is 2.95. The molecule has 9 heteroatoms. The molecule has 2 fully saturated rings. The summed E-state index contributed by atoms with van der Waals surface area (Å²) in [6.07, 6.45) is -4.78. The van der Waals surface area contributed by atoms with Gasteiger partial charge in [-0.25, -0.2) is 9.69 Å². The average molecular weight is 318 g/mol. The van der Waals surface area contributed by atoms with E-state index in [1.807, 2.05) is 0 Å². The second-order valence-corrected chi connectivity index (χ2v) is 5.60. The molecule has 2 heterocycles. The number of alkyl halides is 3. The van der Waals surface area contributed by atoms with E-state index >= 15 is 0 Å². The van der Waals surface area contributed by atoms with E-state index < -0.39 is 23.5 Å². The molecule has 2 aliphatic heterocycles. The van der Waals surface area contributed by atoms with E-state index in [0.717, 1.165) is 17.0 Å². The Hall–Kier alpha value is -1.90. The monoisotopic (exact) mass is 318 g/mol. The summed E-state index contributed by atoms with van der Waals surface area (Å²) >= 11 is 1.37. The van der Waals surface area contributed by atoms with Crippen LogP contribution >= 0.6 is 11.8 Å². The first-order chi connectivity index (χ1) is 9.87. The van der Waals surface area contributed by atoms with Crippen LogP contribution in [-0.2, 0) is 4.79 Å². The van der Waals surface area contributed by atoms with E-state index in [0.29, 0.717) is 12.3 Å². The lowest BCUT2D eigenvalue weighted by molar-refractivity contribution is -0.274. The highest BCUT2D eigenvalue weighted by Crippen LogP contribution is 2.35. The molecule has 112 valence electrons. The van der Waals surface area contributed by atoms with Gasteiger partial charge in [0.05, 0.1) is 5.69 Å². The fourth-order valence-electron chi connectivity index (χ4n) is 2.24. The standard InChI is InChI=1S/C12H9F3N2O3S/c13-12(14,15)20-8-3-1-7(2-4-8)17-9(18)10-16(11(17)19)5-6-21-10/h1-4,10H,5-6H2/t10-/m1/s1. The molecular weight excluding hydrogens is 309 g/mol. The van der Waals surface area contributed by atoms with Crippen LogP contribution in [0, 0.1) is 0 Å². The SMILES string of the molecule is O=C1[C@H]2SCCN2C(=O)N1c1ccc(OC(F)(F)F)cc1. The maximum absolute atomic E-state index is 12.1. The summed E-state index contributed by atoms with van der Waals surface area (Å²) in [7, 11) is 0. The molecule has 0 N–H and O–H groups in total. The Labute approximate surface area is 121 Å². The van der Waals surface area contributed by atoms with Gasteiger partial charge in [0, 0.05) is 12.3 Å². The number of carbonyl (C=O) groups excluding carboxylic acids is 2. The summed E-state index contributed by atoms with van der Waals surface area (Å²) in [5, 5.41) is -0.524. The molecular formula is C12H9F3N2O3S. The minimum Gasteiger partial charge on any atom is -0.406 e. The largest absolute Gasteiger partial charge is 0.573 e. The summed E-state index contributed by atoms with van der Waals surface area (Å²) in [6.45, 7) is 0.492. The quantitative estimate of drug-likeness (QED) is 0.786. The van der Waals surface area contributed by atoms with Crippen LogP contribution in [0.2, 0.25) is 0 Å². The van der Waals surface area contributed by atoms with E-state index in [-0.39, 0.29) is 11.6 Å². The molecule has 1 aromatic carbocycles. The van der Waals surface area contributed by atoms with Gasteiger partial charge in [-0.05, 0) is 24.3 Å². The smallest absolute Gasteiger partial charge is 0.406 e. The van der Waals surface area contributed by atoms with Crippen LogP contribution in [0.4, 0.5) is 23.7 Å². The molecule has 0 bridgehead atoms. The number of amides is 3. The van der Waals surface area contributed by atoms with Crippen LogP contribution in [-0.4, -0.2) is 40.9 Å². The van der Waals surface area contributed by atoms with E-state index in [1.165, 1.54) is 28.8 Å². The maximum atomic E-state index is 12.1. The predicted octanol–water partition coefficient (Wildman–Crippen LogP) is 2.43. The van der Waals surface area contributed by atoms with Gasteiger partial charge in [0.2, 0.25) is 0 Å². The number of anilines is 1. The molecule has 2 saturated heterocycles. The Morgan fingerprint density at radius 2 is 1.86 bits per heavy atom. The Bertz CT molecular complexity index is 568.